The highest BCUT2D eigenvalue weighted by atomic mass is 32.1. The first kappa shape index (κ1) is 22.0. The molecule has 0 N–H and O–H groups in total. The number of carbonyl (C=O) groups is 2. The second kappa shape index (κ2) is 8.73. The highest BCUT2D eigenvalue weighted by Gasteiger charge is 2.34. The molecule has 5 nitrogen and oxygen atoms in total. The van der Waals surface area contributed by atoms with E-state index in [1.165, 1.54) is 9.75 Å². The Labute approximate surface area is 188 Å². The number of ether oxygens (including phenoxy) is 1. The highest BCUT2D eigenvalue weighted by molar-refractivity contribution is 7.12. The lowest BCUT2D eigenvalue weighted by Gasteiger charge is -2.28. The first-order valence-electron chi connectivity index (χ1n) is 11.2. The van der Waals surface area contributed by atoms with Gasteiger partial charge < -0.3 is 9.64 Å². The van der Waals surface area contributed by atoms with E-state index < -0.39 is 0 Å². The zero-order chi connectivity index (χ0) is 22.3. The molecule has 2 aromatic heterocycles. The van der Waals surface area contributed by atoms with Crippen LogP contribution >= 0.6 is 11.3 Å². The van der Waals surface area contributed by atoms with Crippen molar-refractivity contribution >= 4 is 23.0 Å². The van der Waals surface area contributed by atoms with Crippen molar-refractivity contribution in [2.45, 2.75) is 72.3 Å². The number of Topliss-reactive ketones (excluding diaryl/α,β-unsaturated/α-hetero) is 1. The van der Waals surface area contributed by atoms with Crippen LogP contribution in [0.4, 0.5) is 0 Å². The molecule has 1 atom stereocenters. The molecule has 0 spiro atoms. The van der Waals surface area contributed by atoms with Crippen molar-refractivity contribution in [2.75, 3.05) is 13.7 Å². The summed E-state index contributed by atoms with van der Waals surface area (Å²) in [5.74, 6) is 2.06. The Morgan fingerprint density at radius 2 is 1.90 bits per heavy atom. The summed E-state index contributed by atoms with van der Waals surface area (Å²) in [4.78, 5) is 34.2. The monoisotopic (exact) mass is 440 g/mol. The molecule has 2 aliphatic rings. The zero-order valence-electron chi connectivity index (χ0n) is 19.2. The Hall–Kier alpha value is -2.21. The molecule has 1 amide bonds. The molecule has 166 valence electrons. The standard InChI is InChI=1S/C25H32N2O3S/c1-14-12-15(2)26-24(30-5)20(14)13-27-11-10-21-22(25(27)29)17(4)23(31-21)16(3)18-6-8-19(28)9-7-18/h12,16,18H,6-11,13H2,1-5H3. The Kier molecular flexibility index (Phi) is 6.20. The van der Waals surface area contributed by atoms with Crippen LogP contribution in [0.2, 0.25) is 0 Å². The number of fused-ring (bicyclic) bond motifs is 1. The van der Waals surface area contributed by atoms with Crippen LogP contribution in [0.1, 0.15) is 81.0 Å². The van der Waals surface area contributed by atoms with Gasteiger partial charge in [-0.25, -0.2) is 4.98 Å². The van der Waals surface area contributed by atoms with E-state index in [1.54, 1.807) is 7.11 Å². The first-order chi connectivity index (χ1) is 14.8. The Morgan fingerprint density at radius 1 is 1.19 bits per heavy atom. The van der Waals surface area contributed by atoms with Crippen LogP contribution in [0, 0.1) is 26.7 Å². The minimum Gasteiger partial charge on any atom is -0.481 e. The maximum Gasteiger partial charge on any atom is 0.255 e. The zero-order valence-corrected chi connectivity index (χ0v) is 20.0. The molecule has 1 aliphatic carbocycles. The third-order valence-corrected chi connectivity index (χ3v) is 8.61. The second-order valence-electron chi connectivity index (χ2n) is 9.10. The third-order valence-electron chi connectivity index (χ3n) is 7.05. The van der Waals surface area contributed by atoms with Gasteiger partial charge in [0.1, 0.15) is 5.78 Å². The SMILES string of the molecule is COc1nc(C)cc(C)c1CN1CCc2sc(C(C)C3CCC(=O)CC3)c(C)c2C1=O. The van der Waals surface area contributed by atoms with Crippen LogP contribution in [0.3, 0.4) is 0 Å². The van der Waals surface area contributed by atoms with E-state index in [-0.39, 0.29) is 5.91 Å². The van der Waals surface area contributed by atoms with E-state index >= 15 is 0 Å². The number of pyridine rings is 1. The molecule has 1 fully saturated rings. The number of ketones is 1. The predicted molar refractivity (Wildman–Crippen MR) is 123 cm³/mol. The van der Waals surface area contributed by atoms with Crippen LogP contribution in [0.25, 0.3) is 0 Å². The van der Waals surface area contributed by atoms with Gasteiger partial charge in [0.25, 0.3) is 5.91 Å². The number of nitrogens with zero attached hydrogens (tertiary/aromatic N) is 2. The van der Waals surface area contributed by atoms with Crippen molar-refractivity contribution in [3.63, 3.8) is 0 Å². The lowest BCUT2D eigenvalue weighted by molar-refractivity contribution is -0.121. The minimum absolute atomic E-state index is 0.120. The highest BCUT2D eigenvalue weighted by Crippen LogP contribution is 2.43. The lowest BCUT2D eigenvalue weighted by atomic mass is 9.79. The van der Waals surface area contributed by atoms with E-state index in [4.69, 9.17) is 4.74 Å². The number of methoxy groups -OCH3 is 1. The fraction of sp³-hybridized carbons (Fsp3) is 0.560. The molecule has 1 aliphatic heterocycles. The molecule has 0 aromatic carbocycles. The number of amides is 1. The largest absolute Gasteiger partial charge is 0.481 e. The number of aromatic nitrogens is 1. The molecule has 0 saturated heterocycles. The summed E-state index contributed by atoms with van der Waals surface area (Å²) in [6.45, 7) is 9.63. The van der Waals surface area contributed by atoms with Crippen molar-refractivity contribution in [1.29, 1.82) is 0 Å². The van der Waals surface area contributed by atoms with E-state index in [0.717, 1.165) is 47.2 Å². The summed E-state index contributed by atoms with van der Waals surface area (Å²) < 4.78 is 5.52. The molecule has 1 unspecified atom stereocenters. The van der Waals surface area contributed by atoms with E-state index in [1.807, 2.05) is 29.2 Å². The summed E-state index contributed by atoms with van der Waals surface area (Å²) in [7, 11) is 1.64. The Bertz CT molecular complexity index is 1020. The number of hydrogen-bond donors (Lipinski definition) is 0. The Balaban J connectivity index is 1.58. The quantitative estimate of drug-likeness (QED) is 0.646. The maximum atomic E-state index is 13.5. The van der Waals surface area contributed by atoms with Gasteiger partial charge in [-0.2, -0.15) is 0 Å². The molecule has 3 heterocycles. The molecule has 4 rings (SSSR count). The van der Waals surface area contributed by atoms with Crippen LogP contribution in [0.5, 0.6) is 5.88 Å². The maximum absolute atomic E-state index is 13.5. The first-order valence-corrected chi connectivity index (χ1v) is 12.1. The number of thiophene rings is 1. The summed E-state index contributed by atoms with van der Waals surface area (Å²) in [5.41, 5.74) is 5.05. The average molecular weight is 441 g/mol. The van der Waals surface area contributed by atoms with E-state index in [0.29, 0.717) is 49.4 Å². The van der Waals surface area contributed by atoms with Crippen molar-refractivity contribution in [3.8, 4) is 5.88 Å². The number of rotatable bonds is 5. The van der Waals surface area contributed by atoms with Gasteiger partial charge in [0, 0.05) is 46.8 Å². The van der Waals surface area contributed by atoms with Gasteiger partial charge in [0.2, 0.25) is 5.88 Å². The lowest BCUT2D eigenvalue weighted by Crippen LogP contribution is -2.37. The van der Waals surface area contributed by atoms with Crippen LogP contribution in [-0.2, 0) is 17.8 Å². The normalized spacial score (nSPS) is 18.3. The Morgan fingerprint density at radius 3 is 2.58 bits per heavy atom. The molecule has 0 bridgehead atoms. The molecule has 0 radical (unpaired) electrons. The second-order valence-corrected chi connectivity index (χ2v) is 10.2. The van der Waals surface area contributed by atoms with Crippen LogP contribution in [0.15, 0.2) is 6.07 Å². The molecular weight excluding hydrogens is 408 g/mol. The number of hydrogen-bond acceptors (Lipinski definition) is 5. The van der Waals surface area contributed by atoms with Crippen molar-refractivity contribution in [2.24, 2.45) is 5.92 Å². The summed E-state index contributed by atoms with van der Waals surface area (Å²) in [5, 5.41) is 0. The van der Waals surface area contributed by atoms with Crippen LogP contribution in [-0.4, -0.2) is 35.2 Å². The number of aryl methyl sites for hydroxylation is 2. The molecule has 6 heteroatoms. The summed E-state index contributed by atoms with van der Waals surface area (Å²) in [6.07, 6.45) is 4.25. The molecule has 1 saturated carbocycles. The van der Waals surface area contributed by atoms with E-state index in [2.05, 4.69) is 25.8 Å². The molecule has 2 aromatic rings. The van der Waals surface area contributed by atoms with Gasteiger partial charge in [0.05, 0.1) is 19.2 Å². The molecular formula is C25H32N2O3S. The fourth-order valence-electron chi connectivity index (χ4n) is 5.19. The van der Waals surface area contributed by atoms with Gasteiger partial charge in [-0.15, -0.1) is 11.3 Å². The predicted octanol–water partition coefficient (Wildman–Crippen LogP) is 5.14. The van der Waals surface area contributed by atoms with Crippen molar-refractivity contribution < 1.29 is 14.3 Å². The van der Waals surface area contributed by atoms with Crippen LogP contribution < -0.4 is 4.74 Å². The topological polar surface area (TPSA) is 59.5 Å². The van der Waals surface area contributed by atoms with Gasteiger partial charge in [-0.3, -0.25) is 9.59 Å². The van der Waals surface area contributed by atoms with Gasteiger partial charge >= 0.3 is 0 Å². The van der Waals surface area contributed by atoms with Crippen molar-refractivity contribution in [3.05, 3.63) is 43.8 Å². The molecule has 31 heavy (non-hydrogen) atoms. The summed E-state index contributed by atoms with van der Waals surface area (Å²) in [6, 6.07) is 2.04. The van der Waals surface area contributed by atoms with Gasteiger partial charge in [-0.05, 0) is 62.6 Å². The number of carbonyl (C=O) groups excluding carboxylic acids is 2. The third kappa shape index (κ3) is 4.14. The fourth-order valence-corrected chi connectivity index (χ4v) is 6.62. The smallest absolute Gasteiger partial charge is 0.255 e. The average Bonchev–Trinajstić information content (AvgIpc) is 3.08. The van der Waals surface area contributed by atoms with E-state index in [9.17, 15) is 9.59 Å². The minimum atomic E-state index is 0.120. The van der Waals surface area contributed by atoms with Gasteiger partial charge in [-0.1, -0.05) is 6.92 Å². The van der Waals surface area contributed by atoms with Gasteiger partial charge in [0.15, 0.2) is 0 Å². The summed E-state index contributed by atoms with van der Waals surface area (Å²) >= 11 is 1.82. The van der Waals surface area contributed by atoms with Crippen molar-refractivity contribution in [1.82, 2.24) is 9.88 Å².